The Balaban J connectivity index is 1.91. The van der Waals surface area contributed by atoms with Crippen LogP contribution in [0.2, 0.25) is 0 Å². The van der Waals surface area contributed by atoms with Gasteiger partial charge in [0, 0.05) is 31.6 Å². The highest BCUT2D eigenvalue weighted by atomic mass is 15.3. The van der Waals surface area contributed by atoms with Crippen LogP contribution in [0.15, 0.2) is 11.3 Å². The third kappa shape index (κ3) is 7.41. The van der Waals surface area contributed by atoms with Crippen molar-refractivity contribution in [1.29, 1.82) is 0 Å². The van der Waals surface area contributed by atoms with Crippen LogP contribution in [0, 0.1) is 5.92 Å². The van der Waals surface area contributed by atoms with E-state index < -0.39 is 0 Å². The monoisotopic (exact) mass is 391 g/mol. The molecule has 2 heterocycles. The number of nitrogens with one attached hydrogen (secondary N) is 2. The second-order valence-corrected chi connectivity index (χ2v) is 8.35. The van der Waals surface area contributed by atoms with Gasteiger partial charge in [0.05, 0.1) is 6.54 Å². The van der Waals surface area contributed by atoms with Crippen LogP contribution < -0.4 is 10.6 Å². The highest BCUT2D eigenvalue weighted by Crippen LogP contribution is 2.16. The summed E-state index contributed by atoms with van der Waals surface area (Å²) in [4.78, 5) is 7.49. The minimum Gasteiger partial charge on any atom is -0.355 e. The van der Waals surface area contributed by atoms with E-state index in [9.17, 15) is 0 Å². The van der Waals surface area contributed by atoms with Gasteiger partial charge < -0.3 is 15.2 Å². The first-order chi connectivity index (χ1) is 13.5. The zero-order chi connectivity index (χ0) is 20.4. The first-order valence-corrected chi connectivity index (χ1v) is 11.2. The topological polar surface area (TPSA) is 70.4 Å². The largest absolute Gasteiger partial charge is 0.355 e. The van der Waals surface area contributed by atoms with Gasteiger partial charge in [0.2, 0.25) is 0 Å². The second kappa shape index (κ2) is 12.0. The third-order valence-corrected chi connectivity index (χ3v) is 5.58. The van der Waals surface area contributed by atoms with Crippen LogP contribution in [0.1, 0.15) is 66.1 Å². The molecule has 2 unspecified atom stereocenters. The van der Waals surface area contributed by atoms with E-state index in [0.717, 1.165) is 56.7 Å². The molecule has 7 heteroatoms. The van der Waals surface area contributed by atoms with Crippen LogP contribution in [0.3, 0.4) is 0 Å². The van der Waals surface area contributed by atoms with Crippen molar-refractivity contribution in [3.8, 4) is 0 Å². The average molecular weight is 392 g/mol. The van der Waals surface area contributed by atoms with Gasteiger partial charge in [-0.2, -0.15) is 0 Å². The van der Waals surface area contributed by atoms with E-state index in [4.69, 9.17) is 4.99 Å². The van der Waals surface area contributed by atoms with E-state index in [0.29, 0.717) is 12.1 Å². The summed E-state index contributed by atoms with van der Waals surface area (Å²) < 4.78 is 2.11. The Kier molecular flexibility index (Phi) is 9.75. The van der Waals surface area contributed by atoms with Gasteiger partial charge >= 0.3 is 0 Å². The molecular weight excluding hydrogens is 350 g/mol. The van der Waals surface area contributed by atoms with Gasteiger partial charge in [-0.1, -0.05) is 27.7 Å². The molecule has 7 nitrogen and oxygen atoms in total. The van der Waals surface area contributed by atoms with Gasteiger partial charge in [-0.3, -0.25) is 9.89 Å². The average Bonchev–Trinajstić information content (AvgIpc) is 3.32. The lowest BCUT2D eigenvalue weighted by molar-refractivity contribution is 0.273. The predicted molar refractivity (Wildman–Crippen MR) is 117 cm³/mol. The van der Waals surface area contributed by atoms with Crippen LogP contribution in [-0.2, 0) is 13.0 Å². The highest BCUT2D eigenvalue weighted by Gasteiger charge is 2.22. The first kappa shape index (κ1) is 22.7. The van der Waals surface area contributed by atoms with Crippen molar-refractivity contribution in [3.05, 3.63) is 12.2 Å². The molecule has 1 aliphatic rings. The van der Waals surface area contributed by atoms with Crippen molar-refractivity contribution < 1.29 is 0 Å². The molecule has 1 aromatic rings. The quantitative estimate of drug-likeness (QED) is 0.448. The van der Waals surface area contributed by atoms with Crippen molar-refractivity contribution >= 4 is 5.96 Å². The zero-order valence-electron chi connectivity index (χ0n) is 18.6. The number of aliphatic imine (C=N–C) groups is 1. The van der Waals surface area contributed by atoms with E-state index in [1.807, 2.05) is 6.33 Å². The number of aromatic nitrogens is 3. The number of hydrogen-bond donors (Lipinski definition) is 2. The van der Waals surface area contributed by atoms with Crippen molar-refractivity contribution in [2.45, 2.75) is 85.4 Å². The van der Waals surface area contributed by atoms with Gasteiger partial charge in [-0.25, -0.2) is 0 Å². The van der Waals surface area contributed by atoms with Gasteiger partial charge in [-0.15, -0.1) is 10.2 Å². The maximum absolute atomic E-state index is 4.94. The Labute approximate surface area is 171 Å². The van der Waals surface area contributed by atoms with Gasteiger partial charge in [0.15, 0.2) is 5.96 Å². The number of aryl methyl sites for hydroxylation is 1. The molecule has 0 saturated carbocycles. The Bertz CT molecular complexity index is 581. The predicted octanol–water partition coefficient (Wildman–Crippen LogP) is 2.68. The van der Waals surface area contributed by atoms with E-state index in [2.05, 4.69) is 64.9 Å². The van der Waals surface area contributed by atoms with E-state index in [1.165, 1.54) is 25.8 Å². The second-order valence-electron chi connectivity index (χ2n) is 8.35. The molecule has 1 saturated heterocycles. The van der Waals surface area contributed by atoms with Gasteiger partial charge in [0.1, 0.15) is 12.2 Å². The molecule has 0 spiro atoms. The van der Waals surface area contributed by atoms with Crippen LogP contribution in [0.5, 0.6) is 0 Å². The summed E-state index contributed by atoms with van der Waals surface area (Å²) in [5.74, 6) is 2.70. The van der Waals surface area contributed by atoms with E-state index in [1.54, 1.807) is 0 Å². The molecule has 2 atom stereocenters. The molecule has 2 rings (SSSR count). The molecule has 0 aromatic carbocycles. The van der Waals surface area contributed by atoms with E-state index >= 15 is 0 Å². The van der Waals surface area contributed by atoms with Crippen molar-refractivity contribution in [3.63, 3.8) is 0 Å². The molecular formula is C21H41N7. The molecule has 28 heavy (non-hydrogen) atoms. The summed E-state index contributed by atoms with van der Waals surface area (Å²) in [5, 5.41) is 15.3. The first-order valence-electron chi connectivity index (χ1n) is 11.2. The molecule has 2 N–H and O–H groups in total. The molecule has 1 fully saturated rings. The number of guanidine groups is 1. The third-order valence-electron chi connectivity index (χ3n) is 5.58. The maximum Gasteiger partial charge on any atom is 0.191 e. The molecule has 0 aliphatic carbocycles. The molecule has 160 valence electrons. The number of nitrogens with zero attached hydrogens (tertiary/aromatic N) is 5. The summed E-state index contributed by atoms with van der Waals surface area (Å²) in [7, 11) is 0. The van der Waals surface area contributed by atoms with Crippen LogP contribution in [0.4, 0.5) is 0 Å². The zero-order valence-corrected chi connectivity index (χ0v) is 18.6. The Hall–Kier alpha value is -1.63. The Morgan fingerprint density at radius 1 is 1.29 bits per heavy atom. The Morgan fingerprint density at radius 3 is 2.82 bits per heavy atom. The lowest BCUT2D eigenvalue weighted by Crippen LogP contribution is -2.44. The smallest absolute Gasteiger partial charge is 0.191 e. The summed E-state index contributed by atoms with van der Waals surface area (Å²) in [6.45, 7) is 16.0. The standard InChI is InChI=1S/C21H41N7/c1-6-20-26-24-16-28(20)14-12-22-21(25-18(5)11-10-17(3)4)23-15-19-9-8-13-27(19)7-2/h16-19H,6-15H2,1-5H3,(H2,22,23,25). The van der Waals surface area contributed by atoms with Gasteiger partial charge in [0.25, 0.3) is 0 Å². The number of rotatable bonds is 11. The summed E-state index contributed by atoms with van der Waals surface area (Å²) in [5.41, 5.74) is 0. The fourth-order valence-corrected chi connectivity index (χ4v) is 3.79. The highest BCUT2D eigenvalue weighted by molar-refractivity contribution is 5.80. The minimum absolute atomic E-state index is 0.417. The summed E-state index contributed by atoms with van der Waals surface area (Å²) in [6, 6.07) is 1.000. The van der Waals surface area contributed by atoms with Crippen molar-refractivity contribution in [1.82, 2.24) is 30.3 Å². The summed E-state index contributed by atoms with van der Waals surface area (Å²) in [6.07, 6.45) is 7.66. The molecule has 0 amide bonds. The minimum atomic E-state index is 0.417. The molecule has 0 radical (unpaired) electrons. The molecule has 0 bridgehead atoms. The van der Waals surface area contributed by atoms with Crippen molar-refractivity contribution in [2.24, 2.45) is 10.9 Å². The van der Waals surface area contributed by atoms with Crippen LogP contribution >= 0.6 is 0 Å². The number of likely N-dealkylation sites (tertiary alicyclic amines) is 1. The van der Waals surface area contributed by atoms with Crippen LogP contribution in [-0.4, -0.2) is 63.9 Å². The molecule has 1 aliphatic heterocycles. The number of hydrogen-bond acceptors (Lipinski definition) is 4. The van der Waals surface area contributed by atoms with Gasteiger partial charge in [-0.05, 0) is 51.6 Å². The Morgan fingerprint density at radius 2 is 2.11 bits per heavy atom. The van der Waals surface area contributed by atoms with E-state index in [-0.39, 0.29) is 0 Å². The fraction of sp³-hybridized carbons (Fsp3) is 0.857. The summed E-state index contributed by atoms with van der Waals surface area (Å²) >= 11 is 0. The lowest BCUT2D eigenvalue weighted by atomic mass is 10.0. The number of likely N-dealkylation sites (N-methyl/N-ethyl adjacent to an activating group) is 1. The normalized spacial score (nSPS) is 19.4. The fourth-order valence-electron chi connectivity index (χ4n) is 3.79. The SMILES string of the molecule is CCc1nncn1CCNC(=NCC1CCCN1CC)NC(C)CCC(C)C. The van der Waals surface area contributed by atoms with Crippen molar-refractivity contribution in [2.75, 3.05) is 26.2 Å². The van der Waals surface area contributed by atoms with Crippen LogP contribution in [0.25, 0.3) is 0 Å². The maximum atomic E-state index is 4.94. The lowest BCUT2D eigenvalue weighted by Gasteiger charge is -2.23. The molecule has 1 aromatic heterocycles.